The van der Waals surface area contributed by atoms with E-state index in [-0.39, 0.29) is 23.2 Å². The summed E-state index contributed by atoms with van der Waals surface area (Å²) in [5.41, 5.74) is 20.3. The fourth-order valence-corrected chi connectivity index (χ4v) is 3.31. The maximum Gasteiger partial charge on any atom is 0.293 e. The first-order valence-corrected chi connectivity index (χ1v) is 8.66. The van der Waals surface area contributed by atoms with Crippen LogP contribution in [-0.2, 0) is 6.54 Å². The molecule has 4 aromatic rings. The molecule has 0 unspecified atom stereocenters. The summed E-state index contributed by atoms with van der Waals surface area (Å²) in [6.07, 6.45) is 0. The van der Waals surface area contributed by atoms with Gasteiger partial charge in [-0.2, -0.15) is 20.1 Å². The van der Waals surface area contributed by atoms with Gasteiger partial charge in [-0.25, -0.2) is 4.68 Å². The minimum atomic E-state index is -0.0427. The molecule has 0 atom stereocenters. The first-order chi connectivity index (χ1) is 12.6. The van der Waals surface area contributed by atoms with Crippen LogP contribution in [0.2, 0.25) is 5.02 Å². The van der Waals surface area contributed by atoms with Crippen LogP contribution >= 0.6 is 11.6 Å². The molecule has 0 aliphatic rings. The summed E-state index contributed by atoms with van der Waals surface area (Å²) >= 11 is 6.58. The molecule has 0 spiro atoms. The molecule has 3 heterocycles. The highest BCUT2D eigenvalue weighted by molar-refractivity contribution is 6.38. The maximum atomic E-state index is 6.58. The Morgan fingerprint density at radius 1 is 1.11 bits per heavy atom. The summed E-state index contributed by atoms with van der Waals surface area (Å²) in [7, 11) is 0. The number of rotatable bonds is 2. The smallest absolute Gasteiger partial charge is 0.293 e. The van der Waals surface area contributed by atoms with Crippen molar-refractivity contribution in [2.24, 2.45) is 5.41 Å². The molecule has 1 aromatic carbocycles. The summed E-state index contributed by atoms with van der Waals surface area (Å²) in [4.78, 5) is 12.6. The summed E-state index contributed by atoms with van der Waals surface area (Å²) in [5.74, 6) is 0.330. The quantitative estimate of drug-likeness (QED) is 0.476. The lowest BCUT2D eigenvalue weighted by molar-refractivity contribution is 0.331. The van der Waals surface area contributed by atoms with E-state index in [1.165, 1.54) is 0 Å². The normalized spacial score (nSPS) is 12.3. The van der Waals surface area contributed by atoms with Crippen LogP contribution in [0.4, 0.5) is 17.8 Å². The van der Waals surface area contributed by atoms with Crippen LogP contribution < -0.4 is 17.2 Å². The highest BCUT2D eigenvalue weighted by atomic mass is 35.5. The van der Waals surface area contributed by atoms with Crippen LogP contribution in [0.1, 0.15) is 20.8 Å². The maximum absolute atomic E-state index is 6.58. The zero-order chi connectivity index (χ0) is 19.5. The number of anilines is 3. The Labute approximate surface area is 159 Å². The Morgan fingerprint density at radius 2 is 1.85 bits per heavy atom. The Morgan fingerprint density at radius 3 is 2.56 bits per heavy atom. The molecule has 27 heavy (non-hydrogen) atoms. The van der Waals surface area contributed by atoms with Crippen molar-refractivity contribution in [1.82, 2.24) is 24.7 Å². The number of nitrogens with zero attached hydrogens (tertiary/aromatic N) is 5. The summed E-state index contributed by atoms with van der Waals surface area (Å²) < 4.78 is 7.10. The van der Waals surface area contributed by atoms with Crippen LogP contribution in [0.25, 0.3) is 33.4 Å². The van der Waals surface area contributed by atoms with Crippen LogP contribution in [0.5, 0.6) is 0 Å². The van der Waals surface area contributed by atoms with E-state index in [0.29, 0.717) is 45.0 Å². The van der Waals surface area contributed by atoms with Gasteiger partial charge in [-0.3, -0.25) is 0 Å². The van der Waals surface area contributed by atoms with Gasteiger partial charge >= 0.3 is 0 Å². The predicted octanol–water partition coefficient (Wildman–Crippen LogP) is 3.08. The number of hydrogen-bond acceptors (Lipinski definition) is 8. The molecule has 0 radical (unpaired) electrons. The van der Waals surface area contributed by atoms with Crippen LogP contribution in [0.3, 0.4) is 0 Å². The molecule has 4 rings (SSSR count). The van der Waals surface area contributed by atoms with Crippen molar-refractivity contribution in [1.29, 1.82) is 0 Å². The Balaban J connectivity index is 2.03. The van der Waals surface area contributed by atoms with Crippen molar-refractivity contribution in [3.8, 4) is 11.3 Å². The van der Waals surface area contributed by atoms with Crippen molar-refractivity contribution in [2.45, 2.75) is 27.3 Å². The molecule has 10 heteroatoms. The van der Waals surface area contributed by atoms with E-state index in [9.17, 15) is 0 Å². The predicted molar refractivity (Wildman–Crippen MR) is 106 cm³/mol. The zero-order valence-electron chi connectivity index (χ0n) is 15.1. The molecule has 0 amide bonds. The number of benzene rings is 1. The molecule has 0 saturated carbocycles. The molecular formula is C17H19ClN8O. The number of fused-ring (bicyclic) bond motifs is 2. The SMILES string of the molecule is CC(C)(C)Cn1nc(-c2ccc3oc(N)nc3c2Cl)c2c(N)nc(N)nc21. The van der Waals surface area contributed by atoms with Gasteiger partial charge in [-0.1, -0.05) is 32.4 Å². The average molecular weight is 387 g/mol. The van der Waals surface area contributed by atoms with E-state index in [1.54, 1.807) is 16.8 Å². The van der Waals surface area contributed by atoms with Gasteiger partial charge in [0.25, 0.3) is 6.01 Å². The number of oxazole rings is 1. The lowest BCUT2D eigenvalue weighted by Gasteiger charge is -2.18. The standard InChI is InChI=1S/C17H19ClN8O/c1-17(2,3)6-26-14-9(13(19)23-15(20)24-14)11(25-26)7-4-5-8-12(10(7)18)22-16(21)27-8/h4-5H,6H2,1-3H3,(H2,21,22)(H4,19,20,23,24). The lowest BCUT2D eigenvalue weighted by atomic mass is 9.97. The lowest BCUT2D eigenvalue weighted by Crippen LogP contribution is -2.17. The highest BCUT2D eigenvalue weighted by Crippen LogP contribution is 2.39. The first kappa shape index (κ1) is 17.3. The molecule has 140 valence electrons. The Kier molecular flexibility index (Phi) is 3.67. The molecule has 0 aliphatic heterocycles. The second-order valence-electron chi connectivity index (χ2n) is 7.56. The summed E-state index contributed by atoms with van der Waals surface area (Å²) in [5, 5.41) is 5.68. The van der Waals surface area contributed by atoms with E-state index >= 15 is 0 Å². The second kappa shape index (κ2) is 5.71. The van der Waals surface area contributed by atoms with Crippen molar-refractivity contribution in [3.63, 3.8) is 0 Å². The van der Waals surface area contributed by atoms with Crippen LogP contribution in [-0.4, -0.2) is 24.7 Å². The monoisotopic (exact) mass is 386 g/mol. The van der Waals surface area contributed by atoms with Gasteiger partial charge in [0, 0.05) is 12.1 Å². The van der Waals surface area contributed by atoms with Gasteiger partial charge < -0.3 is 21.6 Å². The third-order valence-corrected chi connectivity index (χ3v) is 4.41. The Hall–Kier alpha value is -3.07. The fraction of sp³-hybridized carbons (Fsp3) is 0.294. The van der Waals surface area contributed by atoms with E-state index in [0.717, 1.165) is 0 Å². The summed E-state index contributed by atoms with van der Waals surface area (Å²) in [6.45, 7) is 6.91. The van der Waals surface area contributed by atoms with Crippen molar-refractivity contribution in [2.75, 3.05) is 17.2 Å². The number of nitrogens with two attached hydrogens (primary N) is 3. The molecule has 0 fully saturated rings. The third-order valence-electron chi connectivity index (χ3n) is 4.03. The molecule has 0 aliphatic carbocycles. The minimum absolute atomic E-state index is 0.0427. The van der Waals surface area contributed by atoms with Gasteiger partial charge in [-0.15, -0.1) is 0 Å². The van der Waals surface area contributed by atoms with Crippen molar-refractivity contribution in [3.05, 3.63) is 17.2 Å². The van der Waals surface area contributed by atoms with E-state index in [2.05, 4.69) is 35.7 Å². The number of hydrogen-bond donors (Lipinski definition) is 3. The molecule has 0 saturated heterocycles. The van der Waals surface area contributed by atoms with E-state index in [1.807, 2.05) is 0 Å². The zero-order valence-corrected chi connectivity index (χ0v) is 15.9. The highest BCUT2D eigenvalue weighted by Gasteiger charge is 2.24. The van der Waals surface area contributed by atoms with Gasteiger partial charge in [0.1, 0.15) is 17.0 Å². The Bertz CT molecular complexity index is 1190. The molecular weight excluding hydrogens is 368 g/mol. The molecule has 3 aromatic heterocycles. The average Bonchev–Trinajstić information content (AvgIpc) is 3.07. The fourth-order valence-electron chi connectivity index (χ4n) is 3.03. The summed E-state index contributed by atoms with van der Waals surface area (Å²) in [6, 6.07) is 3.57. The van der Waals surface area contributed by atoms with Crippen LogP contribution in [0.15, 0.2) is 16.5 Å². The molecule has 9 nitrogen and oxygen atoms in total. The van der Waals surface area contributed by atoms with Gasteiger partial charge in [0.15, 0.2) is 11.2 Å². The number of halogens is 1. The van der Waals surface area contributed by atoms with Gasteiger partial charge in [0.2, 0.25) is 5.95 Å². The molecule has 0 bridgehead atoms. The number of aromatic nitrogens is 5. The number of nitrogen functional groups attached to an aromatic ring is 3. The first-order valence-electron chi connectivity index (χ1n) is 8.28. The van der Waals surface area contributed by atoms with Crippen LogP contribution in [0, 0.1) is 5.41 Å². The van der Waals surface area contributed by atoms with Gasteiger partial charge in [0.05, 0.1) is 10.4 Å². The second-order valence-corrected chi connectivity index (χ2v) is 7.94. The van der Waals surface area contributed by atoms with Crippen molar-refractivity contribution < 1.29 is 4.42 Å². The van der Waals surface area contributed by atoms with Crippen molar-refractivity contribution >= 4 is 51.5 Å². The topological polar surface area (TPSA) is 148 Å². The van der Waals surface area contributed by atoms with E-state index < -0.39 is 0 Å². The third kappa shape index (κ3) is 2.89. The van der Waals surface area contributed by atoms with E-state index in [4.69, 9.17) is 38.3 Å². The minimum Gasteiger partial charge on any atom is -0.424 e. The van der Waals surface area contributed by atoms with Gasteiger partial charge in [-0.05, 0) is 17.5 Å². The molecule has 6 N–H and O–H groups in total. The largest absolute Gasteiger partial charge is 0.424 e.